The van der Waals surface area contributed by atoms with Crippen LogP contribution in [0.15, 0.2) is 16.6 Å². The molecular weight excluding hydrogens is 329 g/mol. The van der Waals surface area contributed by atoms with E-state index in [9.17, 15) is 4.39 Å². The Kier molecular flexibility index (Phi) is 8.57. The Morgan fingerprint density at radius 3 is 2.70 bits per heavy atom. The molecule has 114 valence electrons. The number of methoxy groups -OCH3 is 1. The van der Waals surface area contributed by atoms with E-state index in [2.05, 4.69) is 21.2 Å². The van der Waals surface area contributed by atoms with Crippen LogP contribution in [0.1, 0.15) is 12.5 Å². The SMILES string of the molecule is CCOc1cc(CNCCOC)cc(Br)c1OCCF. The van der Waals surface area contributed by atoms with Gasteiger partial charge in [0.2, 0.25) is 0 Å². The van der Waals surface area contributed by atoms with Crippen LogP contribution >= 0.6 is 15.9 Å². The summed E-state index contributed by atoms with van der Waals surface area (Å²) in [6, 6.07) is 3.84. The van der Waals surface area contributed by atoms with Crippen molar-refractivity contribution in [3.8, 4) is 11.5 Å². The molecule has 0 aliphatic rings. The number of hydrogen-bond donors (Lipinski definition) is 1. The lowest BCUT2D eigenvalue weighted by Gasteiger charge is -2.15. The van der Waals surface area contributed by atoms with Gasteiger partial charge in [0, 0.05) is 20.2 Å². The van der Waals surface area contributed by atoms with Crippen molar-refractivity contribution >= 4 is 15.9 Å². The zero-order valence-electron chi connectivity index (χ0n) is 11.9. The summed E-state index contributed by atoms with van der Waals surface area (Å²) in [5.41, 5.74) is 1.06. The second-order valence-corrected chi connectivity index (χ2v) is 4.90. The van der Waals surface area contributed by atoms with E-state index >= 15 is 0 Å². The number of alkyl halides is 1. The number of benzene rings is 1. The van der Waals surface area contributed by atoms with Crippen molar-refractivity contribution < 1.29 is 18.6 Å². The summed E-state index contributed by atoms with van der Waals surface area (Å²) in [4.78, 5) is 0. The van der Waals surface area contributed by atoms with Crippen molar-refractivity contribution in [3.63, 3.8) is 0 Å². The minimum absolute atomic E-state index is 0.0180. The van der Waals surface area contributed by atoms with Crippen LogP contribution in [0, 0.1) is 0 Å². The maximum absolute atomic E-state index is 12.2. The summed E-state index contributed by atoms with van der Waals surface area (Å²) < 4.78 is 28.9. The van der Waals surface area contributed by atoms with Crippen LogP contribution in [-0.2, 0) is 11.3 Å². The molecule has 6 heteroatoms. The van der Waals surface area contributed by atoms with Crippen molar-refractivity contribution in [1.82, 2.24) is 5.32 Å². The Morgan fingerprint density at radius 1 is 1.25 bits per heavy atom. The smallest absolute Gasteiger partial charge is 0.175 e. The highest BCUT2D eigenvalue weighted by molar-refractivity contribution is 9.10. The topological polar surface area (TPSA) is 39.7 Å². The first-order chi connectivity index (χ1) is 9.72. The highest BCUT2D eigenvalue weighted by atomic mass is 79.9. The molecule has 0 bridgehead atoms. The number of halogens is 2. The van der Waals surface area contributed by atoms with Gasteiger partial charge in [-0.2, -0.15) is 0 Å². The summed E-state index contributed by atoms with van der Waals surface area (Å²) in [5, 5.41) is 3.26. The van der Waals surface area contributed by atoms with Crippen LogP contribution < -0.4 is 14.8 Å². The fourth-order valence-corrected chi connectivity index (χ4v) is 2.28. The van der Waals surface area contributed by atoms with Crippen LogP contribution in [-0.4, -0.2) is 40.1 Å². The third-order valence-electron chi connectivity index (χ3n) is 2.50. The molecular formula is C14H21BrFNO3. The van der Waals surface area contributed by atoms with Crippen molar-refractivity contribution in [2.75, 3.05) is 40.1 Å². The van der Waals surface area contributed by atoms with Crippen LogP contribution in [0.3, 0.4) is 0 Å². The molecule has 0 spiro atoms. The summed E-state index contributed by atoms with van der Waals surface area (Å²) in [7, 11) is 1.67. The molecule has 0 saturated carbocycles. The molecule has 0 aromatic heterocycles. The molecule has 0 unspecified atom stereocenters. The van der Waals surface area contributed by atoms with E-state index in [0.717, 1.165) is 16.6 Å². The maximum atomic E-state index is 12.2. The van der Waals surface area contributed by atoms with Gasteiger partial charge >= 0.3 is 0 Å². The summed E-state index contributed by atoms with van der Waals surface area (Å²) in [6.07, 6.45) is 0. The maximum Gasteiger partial charge on any atom is 0.175 e. The average molecular weight is 350 g/mol. The number of nitrogens with one attached hydrogen (secondary N) is 1. The van der Waals surface area contributed by atoms with E-state index in [-0.39, 0.29) is 6.61 Å². The van der Waals surface area contributed by atoms with E-state index in [1.807, 2.05) is 19.1 Å². The minimum Gasteiger partial charge on any atom is -0.490 e. The first kappa shape index (κ1) is 17.2. The zero-order valence-corrected chi connectivity index (χ0v) is 13.5. The minimum atomic E-state index is -0.529. The predicted molar refractivity (Wildman–Crippen MR) is 80.4 cm³/mol. The van der Waals surface area contributed by atoms with Gasteiger partial charge in [0.05, 0.1) is 17.7 Å². The van der Waals surface area contributed by atoms with Crippen molar-refractivity contribution in [3.05, 3.63) is 22.2 Å². The van der Waals surface area contributed by atoms with Crippen molar-refractivity contribution in [2.24, 2.45) is 0 Å². The molecule has 1 aromatic rings. The Morgan fingerprint density at radius 2 is 2.05 bits per heavy atom. The Balaban J connectivity index is 2.77. The molecule has 0 aliphatic heterocycles. The monoisotopic (exact) mass is 349 g/mol. The number of hydrogen-bond acceptors (Lipinski definition) is 4. The molecule has 0 atom stereocenters. The third-order valence-corrected chi connectivity index (χ3v) is 3.09. The lowest BCUT2D eigenvalue weighted by atomic mass is 10.2. The fourth-order valence-electron chi connectivity index (χ4n) is 1.67. The zero-order chi connectivity index (χ0) is 14.8. The largest absolute Gasteiger partial charge is 0.490 e. The molecule has 1 N–H and O–H groups in total. The van der Waals surface area contributed by atoms with Gasteiger partial charge in [-0.25, -0.2) is 4.39 Å². The molecule has 1 aromatic carbocycles. The standard InChI is InChI=1S/C14H21BrFNO3/c1-3-19-13-9-11(10-17-5-7-18-2)8-12(15)14(13)20-6-4-16/h8-9,17H,3-7,10H2,1-2H3. The average Bonchev–Trinajstić information content (AvgIpc) is 2.43. The van der Waals surface area contributed by atoms with Gasteiger partial charge in [-0.15, -0.1) is 0 Å². The van der Waals surface area contributed by atoms with Gasteiger partial charge in [0.15, 0.2) is 11.5 Å². The predicted octanol–water partition coefficient (Wildman–Crippen LogP) is 2.93. The van der Waals surface area contributed by atoms with E-state index in [1.165, 1.54) is 0 Å². The van der Waals surface area contributed by atoms with Crippen molar-refractivity contribution in [1.29, 1.82) is 0 Å². The van der Waals surface area contributed by atoms with Gasteiger partial charge < -0.3 is 19.5 Å². The van der Waals surface area contributed by atoms with Crippen LogP contribution in [0.2, 0.25) is 0 Å². The number of rotatable bonds is 10. The van der Waals surface area contributed by atoms with Gasteiger partial charge in [-0.05, 0) is 40.5 Å². The quantitative estimate of drug-likeness (QED) is 0.659. The molecule has 0 radical (unpaired) electrons. The second-order valence-electron chi connectivity index (χ2n) is 4.04. The van der Waals surface area contributed by atoms with Crippen LogP contribution in [0.4, 0.5) is 4.39 Å². The molecule has 0 heterocycles. The second kappa shape index (κ2) is 9.96. The highest BCUT2D eigenvalue weighted by Crippen LogP contribution is 2.36. The third kappa shape index (κ3) is 5.64. The molecule has 20 heavy (non-hydrogen) atoms. The van der Waals surface area contributed by atoms with Crippen molar-refractivity contribution in [2.45, 2.75) is 13.5 Å². The van der Waals surface area contributed by atoms with Crippen LogP contribution in [0.25, 0.3) is 0 Å². The lowest BCUT2D eigenvalue weighted by molar-refractivity contribution is 0.199. The van der Waals surface area contributed by atoms with Gasteiger partial charge in [0.1, 0.15) is 13.3 Å². The normalized spacial score (nSPS) is 10.6. The molecule has 0 aliphatic carbocycles. The molecule has 0 amide bonds. The summed E-state index contributed by atoms with van der Waals surface area (Å²) >= 11 is 3.44. The van der Waals surface area contributed by atoms with Crippen LogP contribution in [0.5, 0.6) is 11.5 Å². The molecule has 4 nitrogen and oxygen atoms in total. The Hall–Kier alpha value is -0.850. The molecule has 0 fully saturated rings. The summed E-state index contributed by atoms with van der Waals surface area (Å²) in [6.45, 7) is 4.05. The number of ether oxygens (including phenoxy) is 3. The van der Waals surface area contributed by atoms with E-state index in [1.54, 1.807) is 7.11 Å². The highest BCUT2D eigenvalue weighted by Gasteiger charge is 2.12. The van der Waals surface area contributed by atoms with Gasteiger partial charge in [-0.3, -0.25) is 0 Å². The first-order valence-electron chi connectivity index (χ1n) is 6.56. The van der Waals surface area contributed by atoms with Gasteiger partial charge in [0.25, 0.3) is 0 Å². The Bertz CT molecular complexity index is 404. The molecule has 0 saturated heterocycles. The lowest BCUT2D eigenvalue weighted by Crippen LogP contribution is -2.18. The van der Waals surface area contributed by atoms with E-state index < -0.39 is 6.67 Å². The molecule has 1 rings (SSSR count). The first-order valence-corrected chi connectivity index (χ1v) is 7.35. The Labute approximate surface area is 127 Å². The van der Waals surface area contributed by atoms with Gasteiger partial charge in [-0.1, -0.05) is 0 Å². The van der Waals surface area contributed by atoms with E-state index in [4.69, 9.17) is 14.2 Å². The fraction of sp³-hybridized carbons (Fsp3) is 0.571. The summed E-state index contributed by atoms with van der Waals surface area (Å²) in [5.74, 6) is 1.17. The van der Waals surface area contributed by atoms with E-state index in [0.29, 0.717) is 31.3 Å².